The largest absolute Gasteiger partial charge is 0.480 e. The Morgan fingerprint density at radius 3 is 2.67 bits per heavy atom. The van der Waals surface area contributed by atoms with Crippen LogP contribution in [-0.4, -0.2) is 28.8 Å². The Hall–Kier alpha value is -1.53. The summed E-state index contributed by atoms with van der Waals surface area (Å²) in [6.45, 7) is 0.685. The highest BCUT2D eigenvalue weighted by Crippen LogP contribution is 2.12. The molecule has 1 amide bonds. The molecular weight excluding hydrogens is 252 g/mol. The second kappa shape index (κ2) is 7.73. The van der Waals surface area contributed by atoms with Crippen LogP contribution in [0, 0.1) is 6.54 Å². The molecule has 1 radical (unpaired) electrons. The number of rotatable bonds is 7. The monoisotopic (exact) mass is 267 g/mol. The second-order valence-corrected chi connectivity index (χ2v) is 4.63. The number of aliphatic carboxylic acids is 1. The Balaban J connectivity index is 2.22. The Morgan fingerprint density at radius 2 is 2.06 bits per heavy atom. The van der Waals surface area contributed by atoms with Crippen molar-refractivity contribution in [2.45, 2.75) is 11.8 Å². The minimum atomic E-state index is -1.20. The van der Waals surface area contributed by atoms with E-state index in [9.17, 15) is 9.59 Å². The molecule has 0 aliphatic heterocycles. The van der Waals surface area contributed by atoms with Crippen molar-refractivity contribution >= 4 is 23.6 Å². The van der Waals surface area contributed by atoms with Crippen LogP contribution >= 0.6 is 11.8 Å². The molecule has 1 aromatic rings. The van der Waals surface area contributed by atoms with Crippen molar-refractivity contribution < 1.29 is 14.7 Å². The summed E-state index contributed by atoms with van der Waals surface area (Å²) in [6.07, 6.45) is 0. The summed E-state index contributed by atoms with van der Waals surface area (Å²) in [4.78, 5) is 21.6. The fraction of sp³-hybridized carbons (Fsp3) is 0.250. The molecule has 0 saturated carbocycles. The van der Waals surface area contributed by atoms with Crippen molar-refractivity contribution in [1.29, 1.82) is 0 Å². The van der Waals surface area contributed by atoms with E-state index >= 15 is 0 Å². The molecule has 0 saturated heterocycles. The molecule has 0 aliphatic carbocycles. The van der Waals surface area contributed by atoms with E-state index in [4.69, 9.17) is 10.8 Å². The van der Waals surface area contributed by atoms with Gasteiger partial charge in [0.05, 0.1) is 6.04 Å². The Morgan fingerprint density at radius 1 is 1.39 bits per heavy atom. The molecule has 0 fully saturated rings. The minimum Gasteiger partial charge on any atom is -0.480 e. The highest BCUT2D eigenvalue weighted by atomic mass is 32.2. The summed E-state index contributed by atoms with van der Waals surface area (Å²) in [5, 5.41) is 10.5. The zero-order chi connectivity index (χ0) is 13.4. The van der Waals surface area contributed by atoms with Gasteiger partial charge in [-0.05, 0) is 5.56 Å². The number of hydrogen-bond donors (Lipinski definition) is 3. The number of nitrogens with one attached hydrogen (secondary N) is 1. The molecule has 18 heavy (non-hydrogen) atoms. The van der Waals surface area contributed by atoms with E-state index in [1.165, 1.54) is 11.8 Å². The third-order valence-corrected chi connectivity index (χ3v) is 3.22. The van der Waals surface area contributed by atoms with Crippen LogP contribution in [0.2, 0.25) is 0 Å². The molecule has 0 aromatic heterocycles. The lowest BCUT2D eigenvalue weighted by Gasteiger charge is -2.10. The Bertz CT molecular complexity index is 398. The molecule has 0 bridgehead atoms. The van der Waals surface area contributed by atoms with Gasteiger partial charge >= 0.3 is 5.97 Å². The number of benzene rings is 1. The van der Waals surface area contributed by atoms with Crippen LogP contribution in [0.5, 0.6) is 0 Å². The predicted octanol–water partition coefficient (Wildman–Crippen LogP) is 0.610. The average Bonchev–Trinajstić information content (AvgIpc) is 2.37. The number of thioether (sulfide) groups is 1. The molecule has 4 N–H and O–H groups in total. The fourth-order valence-electron chi connectivity index (χ4n) is 1.19. The van der Waals surface area contributed by atoms with Crippen molar-refractivity contribution in [2.24, 2.45) is 5.73 Å². The third kappa shape index (κ3) is 5.70. The lowest BCUT2D eigenvalue weighted by Crippen LogP contribution is -2.42. The van der Waals surface area contributed by atoms with E-state index in [0.717, 1.165) is 11.3 Å². The van der Waals surface area contributed by atoms with Gasteiger partial charge in [-0.2, -0.15) is 11.8 Å². The number of carboxylic acids is 1. The summed E-state index contributed by atoms with van der Waals surface area (Å²) in [6, 6.07) is 9.12. The number of nitrogens with two attached hydrogens (primary N) is 1. The maximum Gasteiger partial charge on any atom is 0.329 e. The van der Waals surface area contributed by atoms with E-state index < -0.39 is 17.9 Å². The second-order valence-electron chi connectivity index (χ2n) is 3.60. The molecule has 97 valence electrons. The van der Waals surface area contributed by atoms with E-state index in [-0.39, 0.29) is 0 Å². The molecule has 6 heteroatoms. The van der Waals surface area contributed by atoms with Crippen molar-refractivity contribution in [3.05, 3.63) is 42.4 Å². The standard InChI is InChI=1S/C12H15N2O3S/c13-10(12(17)14-6-11(15)16)8-18-7-9-4-2-1-3-5-9/h1-6,10H,7-8,13H2,(H,14,17)(H,15,16). The maximum atomic E-state index is 11.3. The van der Waals surface area contributed by atoms with Gasteiger partial charge < -0.3 is 16.2 Å². The number of carboxylic acid groups (broad SMARTS) is 1. The first-order valence-electron chi connectivity index (χ1n) is 5.33. The summed E-state index contributed by atoms with van der Waals surface area (Å²) in [7, 11) is 0. The normalized spacial score (nSPS) is 11.8. The molecule has 0 aliphatic rings. The minimum absolute atomic E-state index is 0.439. The van der Waals surface area contributed by atoms with Crippen molar-refractivity contribution in [3.63, 3.8) is 0 Å². The van der Waals surface area contributed by atoms with Crippen LogP contribution in [0.1, 0.15) is 5.56 Å². The quantitative estimate of drug-likeness (QED) is 0.673. The smallest absolute Gasteiger partial charge is 0.329 e. The molecule has 5 nitrogen and oxygen atoms in total. The lowest BCUT2D eigenvalue weighted by molar-refractivity contribution is -0.135. The van der Waals surface area contributed by atoms with Gasteiger partial charge in [0.15, 0.2) is 6.54 Å². The first-order chi connectivity index (χ1) is 8.59. The van der Waals surface area contributed by atoms with Crippen LogP contribution in [-0.2, 0) is 15.3 Å². The highest BCUT2D eigenvalue weighted by Gasteiger charge is 2.14. The van der Waals surface area contributed by atoms with Crippen LogP contribution in [0.15, 0.2) is 30.3 Å². The van der Waals surface area contributed by atoms with Gasteiger partial charge in [0.1, 0.15) is 0 Å². The predicted molar refractivity (Wildman–Crippen MR) is 70.7 cm³/mol. The first kappa shape index (κ1) is 14.5. The van der Waals surface area contributed by atoms with Crippen molar-refractivity contribution in [3.8, 4) is 0 Å². The Kier molecular flexibility index (Phi) is 6.24. The number of amides is 1. The number of hydrogen-bond acceptors (Lipinski definition) is 4. The molecule has 0 spiro atoms. The van der Waals surface area contributed by atoms with E-state index in [2.05, 4.69) is 5.32 Å². The van der Waals surface area contributed by atoms with Gasteiger partial charge in [0, 0.05) is 11.5 Å². The Labute approximate surface area is 110 Å². The molecule has 1 atom stereocenters. The van der Waals surface area contributed by atoms with E-state index in [0.29, 0.717) is 12.3 Å². The summed E-state index contributed by atoms with van der Waals surface area (Å²) in [5.74, 6) is -0.482. The fourth-order valence-corrected chi connectivity index (χ4v) is 2.14. The highest BCUT2D eigenvalue weighted by molar-refractivity contribution is 7.98. The van der Waals surface area contributed by atoms with Gasteiger partial charge in [-0.1, -0.05) is 30.3 Å². The summed E-state index contributed by atoms with van der Waals surface area (Å²) >= 11 is 1.53. The zero-order valence-electron chi connectivity index (χ0n) is 9.70. The lowest BCUT2D eigenvalue weighted by atomic mass is 10.2. The summed E-state index contributed by atoms with van der Waals surface area (Å²) < 4.78 is 0. The van der Waals surface area contributed by atoms with Crippen LogP contribution in [0.3, 0.4) is 0 Å². The molecular formula is C12H15N2O3S. The van der Waals surface area contributed by atoms with Crippen molar-refractivity contribution in [2.75, 3.05) is 5.75 Å². The molecule has 1 aromatic carbocycles. The molecule has 0 heterocycles. The SMILES string of the molecule is NC(CSCc1ccccc1)C(=O)N[CH]C(=O)O. The van der Waals surface area contributed by atoms with Crippen LogP contribution < -0.4 is 11.1 Å². The number of carbonyl (C=O) groups excluding carboxylic acids is 1. The number of carbonyl (C=O) groups is 2. The van der Waals surface area contributed by atoms with E-state index in [1.807, 2.05) is 30.3 Å². The van der Waals surface area contributed by atoms with E-state index in [1.54, 1.807) is 0 Å². The van der Waals surface area contributed by atoms with Gasteiger partial charge in [-0.15, -0.1) is 0 Å². The maximum absolute atomic E-state index is 11.3. The summed E-state index contributed by atoms with van der Waals surface area (Å²) in [5.41, 5.74) is 6.78. The third-order valence-electron chi connectivity index (χ3n) is 2.08. The molecule has 1 unspecified atom stereocenters. The van der Waals surface area contributed by atoms with Gasteiger partial charge in [-0.25, -0.2) is 4.79 Å². The van der Waals surface area contributed by atoms with Crippen molar-refractivity contribution in [1.82, 2.24) is 5.32 Å². The topological polar surface area (TPSA) is 92.4 Å². The van der Waals surface area contributed by atoms with Gasteiger partial charge in [0.25, 0.3) is 0 Å². The van der Waals surface area contributed by atoms with Crippen LogP contribution in [0.4, 0.5) is 0 Å². The first-order valence-corrected chi connectivity index (χ1v) is 6.49. The molecule has 1 rings (SSSR count). The zero-order valence-corrected chi connectivity index (χ0v) is 10.5. The van der Waals surface area contributed by atoms with Crippen LogP contribution in [0.25, 0.3) is 0 Å². The van der Waals surface area contributed by atoms with Gasteiger partial charge in [-0.3, -0.25) is 4.79 Å². The van der Waals surface area contributed by atoms with Gasteiger partial charge in [0.2, 0.25) is 5.91 Å². The average molecular weight is 267 g/mol.